The first-order valence-corrected chi connectivity index (χ1v) is 8.30. The quantitative estimate of drug-likeness (QED) is 0.818. The summed E-state index contributed by atoms with van der Waals surface area (Å²) in [6.07, 6.45) is 1.65. The number of methoxy groups -OCH3 is 1. The second-order valence-electron chi connectivity index (χ2n) is 5.57. The van der Waals surface area contributed by atoms with E-state index in [1.165, 1.54) is 0 Å². The van der Waals surface area contributed by atoms with Gasteiger partial charge in [-0.1, -0.05) is 15.9 Å². The van der Waals surface area contributed by atoms with Gasteiger partial charge in [0, 0.05) is 30.4 Å². The van der Waals surface area contributed by atoms with E-state index >= 15 is 0 Å². The summed E-state index contributed by atoms with van der Waals surface area (Å²) < 4.78 is 11.7. The molecule has 0 bridgehead atoms. The fourth-order valence-corrected chi connectivity index (χ4v) is 3.19. The van der Waals surface area contributed by atoms with Crippen LogP contribution in [0.15, 0.2) is 27.1 Å². The van der Waals surface area contributed by atoms with Crippen LogP contribution in [0.3, 0.4) is 0 Å². The van der Waals surface area contributed by atoms with E-state index in [4.69, 9.17) is 9.15 Å². The normalized spacial score (nSPS) is 15.7. The minimum atomic E-state index is -0.0108. The van der Waals surface area contributed by atoms with Crippen LogP contribution in [0.4, 0.5) is 0 Å². The number of carbonyl (C=O) groups is 1. The zero-order chi connectivity index (χ0) is 16.4. The van der Waals surface area contributed by atoms with Crippen molar-refractivity contribution in [1.82, 2.24) is 15.1 Å². The molecule has 0 radical (unpaired) electrons. The Bertz CT molecular complexity index is 708. The highest BCUT2D eigenvalue weighted by Crippen LogP contribution is 2.30. The van der Waals surface area contributed by atoms with Gasteiger partial charge < -0.3 is 14.1 Å². The summed E-state index contributed by atoms with van der Waals surface area (Å²) in [5, 5.41) is 7.97. The van der Waals surface area contributed by atoms with Gasteiger partial charge in [-0.05, 0) is 31.0 Å². The van der Waals surface area contributed by atoms with Crippen LogP contribution in [0.5, 0.6) is 5.75 Å². The molecule has 2 aromatic rings. The molecule has 122 valence electrons. The number of hydrogen-bond acceptors (Lipinski definition) is 5. The number of aromatic nitrogens is 2. The second-order valence-corrected chi connectivity index (χ2v) is 6.49. The van der Waals surface area contributed by atoms with Crippen molar-refractivity contribution < 1.29 is 13.9 Å². The summed E-state index contributed by atoms with van der Waals surface area (Å²) in [5.74, 6) is 2.06. The number of halogens is 1. The highest BCUT2D eigenvalue weighted by Gasteiger charge is 2.28. The van der Waals surface area contributed by atoms with Crippen LogP contribution in [0.1, 0.15) is 40.9 Å². The van der Waals surface area contributed by atoms with Crippen LogP contribution in [-0.2, 0) is 0 Å². The van der Waals surface area contributed by atoms with Crippen molar-refractivity contribution in [2.24, 2.45) is 0 Å². The molecule has 3 rings (SSSR count). The Morgan fingerprint density at radius 2 is 2.09 bits per heavy atom. The summed E-state index contributed by atoms with van der Waals surface area (Å²) >= 11 is 3.41. The summed E-state index contributed by atoms with van der Waals surface area (Å²) in [4.78, 5) is 14.6. The standard InChI is InChI=1S/C16H18BrN3O3/c1-10-18-19-15(23-10)11-5-7-20(8-6-11)16(21)13-9-12(17)3-4-14(13)22-2/h3-4,9,11H,5-8H2,1-2H3. The van der Waals surface area contributed by atoms with Gasteiger partial charge in [0.15, 0.2) is 0 Å². The van der Waals surface area contributed by atoms with E-state index in [9.17, 15) is 4.79 Å². The molecule has 0 unspecified atom stereocenters. The van der Waals surface area contributed by atoms with Crippen molar-refractivity contribution in [1.29, 1.82) is 0 Å². The third-order valence-electron chi connectivity index (χ3n) is 4.07. The van der Waals surface area contributed by atoms with E-state index < -0.39 is 0 Å². The predicted octanol–water partition coefficient (Wildman–Crippen LogP) is 3.17. The zero-order valence-corrected chi connectivity index (χ0v) is 14.7. The van der Waals surface area contributed by atoms with Crippen molar-refractivity contribution in [3.05, 3.63) is 40.0 Å². The number of ether oxygens (including phenoxy) is 1. The van der Waals surface area contributed by atoms with Crippen molar-refractivity contribution in [3.8, 4) is 5.75 Å². The summed E-state index contributed by atoms with van der Waals surface area (Å²) in [7, 11) is 1.57. The molecule has 23 heavy (non-hydrogen) atoms. The zero-order valence-electron chi connectivity index (χ0n) is 13.1. The number of carbonyl (C=O) groups excluding carboxylic acids is 1. The Hall–Kier alpha value is -1.89. The first-order valence-electron chi connectivity index (χ1n) is 7.51. The molecule has 1 saturated heterocycles. The van der Waals surface area contributed by atoms with E-state index in [0.29, 0.717) is 36.2 Å². The monoisotopic (exact) mass is 379 g/mol. The van der Waals surface area contributed by atoms with Crippen molar-refractivity contribution in [2.75, 3.05) is 20.2 Å². The number of likely N-dealkylation sites (tertiary alicyclic amines) is 1. The Morgan fingerprint density at radius 3 is 2.70 bits per heavy atom. The summed E-state index contributed by atoms with van der Waals surface area (Å²) in [5.41, 5.74) is 0.578. The Balaban J connectivity index is 1.70. The highest BCUT2D eigenvalue weighted by molar-refractivity contribution is 9.10. The second kappa shape index (κ2) is 6.70. The SMILES string of the molecule is COc1ccc(Br)cc1C(=O)N1CCC(c2nnc(C)o2)CC1. The molecule has 2 heterocycles. The van der Waals surface area contributed by atoms with Gasteiger partial charge in [-0.25, -0.2) is 0 Å². The van der Waals surface area contributed by atoms with Gasteiger partial charge in [0.2, 0.25) is 11.8 Å². The van der Waals surface area contributed by atoms with Crippen LogP contribution < -0.4 is 4.74 Å². The van der Waals surface area contributed by atoms with Crippen molar-refractivity contribution >= 4 is 21.8 Å². The minimum Gasteiger partial charge on any atom is -0.496 e. The maximum atomic E-state index is 12.8. The van der Waals surface area contributed by atoms with E-state index in [-0.39, 0.29) is 11.8 Å². The van der Waals surface area contributed by atoms with E-state index in [1.54, 1.807) is 26.2 Å². The summed E-state index contributed by atoms with van der Waals surface area (Å²) in [6, 6.07) is 5.46. The lowest BCUT2D eigenvalue weighted by atomic mass is 9.96. The number of nitrogens with zero attached hydrogens (tertiary/aromatic N) is 3. The Morgan fingerprint density at radius 1 is 1.35 bits per heavy atom. The van der Waals surface area contributed by atoms with Crippen LogP contribution in [-0.4, -0.2) is 41.2 Å². The van der Waals surface area contributed by atoms with E-state index in [2.05, 4.69) is 26.1 Å². The first-order chi connectivity index (χ1) is 11.1. The van der Waals surface area contributed by atoms with Gasteiger partial charge in [-0.3, -0.25) is 4.79 Å². The van der Waals surface area contributed by atoms with Gasteiger partial charge >= 0.3 is 0 Å². The third-order valence-corrected chi connectivity index (χ3v) is 4.56. The van der Waals surface area contributed by atoms with Crippen LogP contribution >= 0.6 is 15.9 Å². The molecule has 0 aliphatic carbocycles. The molecule has 1 aliphatic rings. The molecule has 1 amide bonds. The molecule has 1 aromatic heterocycles. The molecule has 0 spiro atoms. The average Bonchev–Trinajstić information content (AvgIpc) is 3.01. The van der Waals surface area contributed by atoms with Gasteiger partial charge in [0.1, 0.15) is 5.75 Å². The number of rotatable bonds is 3. The summed E-state index contributed by atoms with van der Waals surface area (Å²) in [6.45, 7) is 3.12. The molecule has 1 aliphatic heterocycles. The van der Waals surface area contributed by atoms with Gasteiger partial charge in [0.05, 0.1) is 12.7 Å². The lowest BCUT2D eigenvalue weighted by Crippen LogP contribution is -2.38. The molecular weight excluding hydrogens is 362 g/mol. The molecule has 6 nitrogen and oxygen atoms in total. The number of hydrogen-bond donors (Lipinski definition) is 0. The number of benzene rings is 1. The van der Waals surface area contributed by atoms with Gasteiger partial charge in [-0.15, -0.1) is 10.2 Å². The number of amides is 1. The van der Waals surface area contributed by atoms with Crippen molar-refractivity contribution in [3.63, 3.8) is 0 Å². The molecule has 1 fully saturated rings. The van der Waals surface area contributed by atoms with Gasteiger partial charge in [0.25, 0.3) is 5.91 Å². The maximum absolute atomic E-state index is 12.8. The number of piperidine rings is 1. The fourth-order valence-electron chi connectivity index (χ4n) is 2.82. The fraction of sp³-hybridized carbons (Fsp3) is 0.438. The Labute approximate surface area is 143 Å². The molecular formula is C16H18BrN3O3. The number of aryl methyl sites for hydroxylation is 1. The van der Waals surface area contributed by atoms with E-state index in [0.717, 1.165) is 17.3 Å². The van der Waals surface area contributed by atoms with Crippen LogP contribution in [0, 0.1) is 6.92 Å². The lowest BCUT2D eigenvalue weighted by Gasteiger charge is -2.30. The van der Waals surface area contributed by atoms with Gasteiger partial charge in [-0.2, -0.15) is 0 Å². The predicted molar refractivity (Wildman–Crippen MR) is 87.6 cm³/mol. The molecule has 0 saturated carbocycles. The largest absolute Gasteiger partial charge is 0.496 e. The molecule has 1 aromatic carbocycles. The molecule has 0 atom stereocenters. The maximum Gasteiger partial charge on any atom is 0.257 e. The Kier molecular flexibility index (Phi) is 4.66. The lowest BCUT2D eigenvalue weighted by molar-refractivity contribution is 0.0702. The third kappa shape index (κ3) is 3.39. The highest BCUT2D eigenvalue weighted by atomic mass is 79.9. The molecule has 0 N–H and O–H groups in total. The average molecular weight is 380 g/mol. The molecule has 7 heteroatoms. The van der Waals surface area contributed by atoms with Crippen molar-refractivity contribution in [2.45, 2.75) is 25.7 Å². The minimum absolute atomic E-state index is 0.0108. The topological polar surface area (TPSA) is 68.5 Å². The smallest absolute Gasteiger partial charge is 0.257 e. The van der Waals surface area contributed by atoms with Crippen LogP contribution in [0.25, 0.3) is 0 Å². The first kappa shape index (κ1) is 16.0. The van der Waals surface area contributed by atoms with Crippen LogP contribution in [0.2, 0.25) is 0 Å². The van der Waals surface area contributed by atoms with E-state index in [1.807, 2.05) is 11.0 Å².